The minimum Gasteiger partial charge on any atom is -0.444 e. The Kier molecular flexibility index (Phi) is 5.67. The van der Waals surface area contributed by atoms with Crippen LogP contribution >= 0.6 is 0 Å². The number of para-hydroxylation sites is 1. The summed E-state index contributed by atoms with van der Waals surface area (Å²) in [5.74, 6) is -0.170. The van der Waals surface area contributed by atoms with Crippen molar-refractivity contribution in [1.29, 1.82) is 0 Å². The van der Waals surface area contributed by atoms with Gasteiger partial charge in [-0.1, -0.05) is 18.2 Å². The zero-order valence-corrected chi connectivity index (χ0v) is 18.2. The van der Waals surface area contributed by atoms with Crippen molar-refractivity contribution in [3.63, 3.8) is 0 Å². The first-order valence-corrected chi connectivity index (χ1v) is 10.6. The van der Waals surface area contributed by atoms with Gasteiger partial charge in [0.05, 0.1) is 17.4 Å². The van der Waals surface area contributed by atoms with E-state index >= 15 is 0 Å². The van der Waals surface area contributed by atoms with Gasteiger partial charge in [-0.2, -0.15) is 0 Å². The summed E-state index contributed by atoms with van der Waals surface area (Å²) >= 11 is 0. The molecule has 0 spiro atoms. The molecule has 1 aromatic carbocycles. The first kappa shape index (κ1) is 20.9. The molecular formula is C24H28N4O3. The first-order chi connectivity index (χ1) is 14.8. The average molecular weight is 421 g/mol. The van der Waals surface area contributed by atoms with Crippen LogP contribution in [0, 0.1) is 0 Å². The van der Waals surface area contributed by atoms with Crippen LogP contribution in [-0.2, 0) is 4.74 Å². The summed E-state index contributed by atoms with van der Waals surface area (Å²) in [6.07, 6.45) is 4.87. The molecule has 0 radical (unpaired) electrons. The summed E-state index contributed by atoms with van der Waals surface area (Å²) in [5, 5.41) is 3.94. The number of rotatable bonds is 3. The predicted octanol–water partition coefficient (Wildman–Crippen LogP) is 4.86. The lowest BCUT2D eigenvalue weighted by Crippen LogP contribution is -2.42. The van der Waals surface area contributed by atoms with Crippen molar-refractivity contribution in [3.8, 4) is 0 Å². The molecule has 1 saturated heterocycles. The largest absolute Gasteiger partial charge is 0.444 e. The molecule has 31 heavy (non-hydrogen) atoms. The average Bonchev–Trinajstić information content (AvgIpc) is 3.23. The Bertz CT molecular complexity index is 1090. The minimum absolute atomic E-state index is 0.157. The summed E-state index contributed by atoms with van der Waals surface area (Å²) in [4.78, 5) is 31.4. The number of pyridine rings is 1. The lowest BCUT2D eigenvalue weighted by atomic mass is 10.0. The molecule has 4 rings (SSSR count). The number of aromatic nitrogens is 2. The normalized spacial score (nSPS) is 15.1. The van der Waals surface area contributed by atoms with Gasteiger partial charge in [0.1, 0.15) is 11.3 Å². The van der Waals surface area contributed by atoms with E-state index in [9.17, 15) is 9.59 Å². The fourth-order valence-corrected chi connectivity index (χ4v) is 3.89. The van der Waals surface area contributed by atoms with Crippen LogP contribution in [0.4, 0.5) is 10.5 Å². The number of nitrogens with one attached hydrogen (secondary N) is 1. The molecule has 0 aliphatic carbocycles. The molecule has 1 aliphatic rings. The van der Waals surface area contributed by atoms with E-state index in [1.807, 2.05) is 74.0 Å². The van der Waals surface area contributed by atoms with Gasteiger partial charge in [-0.05, 0) is 57.9 Å². The van der Waals surface area contributed by atoms with E-state index in [2.05, 4.69) is 10.3 Å². The van der Waals surface area contributed by atoms with E-state index in [4.69, 9.17) is 4.74 Å². The van der Waals surface area contributed by atoms with Crippen molar-refractivity contribution in [3.05, 3.63) is 60.6 Å². The third-order valence-corrected chi connectivity index (χ3v) is 5.37. The molecule has 1 N–H and O–H groups in total. The number of likely N-dealkylation sites (tertiary alicyclic amines) is 1. The van der Waals surface area contributed by atoms with Gasteiger partial charge in [0.15, 0.2) is 0 Å². The Morgan fingerprint density at radius 2 is 1.84 bits per heavy atom. The highest BCUT2D eigenvalue weighted by Crippen LogP contribution is 2.26. The van der Waals surface area contributed by atoms with Crippen LogP contribution in [0.3, 0.4) is 0 Å². The number of carbonyl (C=O) groups is 2. The molecule has 0 atom stereocenters. The smallest absolute Gasteiger partial charge is 0.410 e. The van der Waals surface area contributed by atoms with E-state index in [-0.39, 0.29) is 18.0 Å². The first-order valence-electron chi connectivity index (χ1n) is 10.6. The van der Waals surface area contributed by atoms with Gasteiger partial charge in [0.25, 0.3) is 5.91 Å². The van der Waals surface area contributed by atoms with Gasteiger partial charge in [-0.15, -0.1) is 0 Å². The van der Waals surface area contributed by atoms with Crippen LogP contribution < -0.4 is 5.32 Å². The summed E-state index contributed by atoms with van der Waals surface area (Å²) in [6, 6.07) is 13.6. The highest BCUT2D eigenvalue weighted by Gasteiger charge is 2.28. The number of hydrogen-bond acceptors (Lipinski definition) is 4. The van der Waals surface area contributed by atoms with Crippen molar-refractivity contribution in [1.82, 2.24) is 14.5 Å². The number of benzene rings is 1. The fraction of sp³-hybridized carbons (Fsp3) is 0.375. The lowest BCUT2D eigenvalue weighted by molar-refractivity contribution is 0.0187. The van der Waals surface area contributed by atoms with E-state index in [0.717, 1.165) is 23.7 Å². The second-order valence-electron chi connectivity index (χ2n) is 8.87. The van der Waals surface area contributed by atoms with Crippen LogP contribution in [0.15, 0.2) is 54.9 Å². The highest BCUT2D eigenvalue weighted by atomic mass is 16.6. The van der Waals surface area contributed by atoms with Gasteiger partial charge >= 0.3 is 6.09 Å². The zero-order valence-electron chi connectivity index (χ0n) is 18.2. The molecule has 0 saturated carbocycles. The van der Waals surface area contributed by atoms with Crippen molar-refractivity contribution in [2.24, 2.45) is 0 Å². The Morgan fingerprint density at radius 3 is 2.58 bits per heavy atom. The van der Waals surface area contributed by atoms with Crippen molar-refractivity contribution >= 4 is 28.6 Å². The second-order valence-corrected chi connectivity index (χ2v) is 8.87. The zero-order chi connectivity index (χ0) is 22.0. The number of nitrogens with zero attached hydrogens (tertiary/aromatic N) is 3. The third kappa shape index (κ3) is 4.87. The molecule has 0 unspecified atom stereocenters. The van der Waals surface area contributed by atoms with E-state index in [0.29, 0.717) is 24.5 Å². The standard InChI is InChI=1S/C24H28N4O3/c1-24(2,3)31-23(30)27-13-10-19(11-14-27)28-12-6-9-21(28)22(29)26-18-15-17-7-4-5-8-20(17)25-16-18/h4-9,12,15-16,19H,10-11,13-14H2,1-3H3,(H,26,29). The molecule has 2 amide bonds. The molecule has 2 aromatic heterocycles. The third-order valence-electron chi connectivity index (χ3n) is 5.37. The maximum Gasteiger partial charge on any atom is 0.410 e. The molecule has 7 heteroatoms. The van der Waals surface area contributed by atoms with Crippen LogP contribution in [0.25, 0.3) is 10.9 Å². The molecule has 3 heterocycles. The molecule has 1 aliphatic heterocycles. The lowest BCUT2D eigenvalue weighted by Gasteiger charge is -2.34. The van der Waals surface area contributed by atoms with Crippen molar-refractivity contribution in [2.45, 2.75) is 45.3 Å². The van der Waals surface area contributed by atoms with E-state index < -0.39 is 5.60 Å². The van der Waals surface area contributed by atoms with Crippen LogP contribution in [0.1, 0.15) is 50.1 Å². The molecule has 162 valence electrons. The summed E-state index contributed by atoms with van der Waals surface area (Å²) < 4.78 is 7.48. The molecule has 3 aromatic rings. The van der Waals surface area contributed by atoms with E-state index in [1.165, 1.54) is 0 Å². The highest BCUT2D eigenvalue weighted by molar-refractivity contribution is 6.04. The number of amides is 2. The van der Waals surface area contributed by atoms with Crippen molar-refractivity contribution < 1.29 is 14.3 Å². The number of anilines is 1. The van der Waals surface area contributed by atoms with Crippen molar-refractivity contribution in [2.75, 3.05) is 18.4 Å². The van der Waals surface area contributed by atoms with Gasteiger partial charge in [-0.25, -0.2) is 4.79 Å². The number of ether oxygens (including phenoxy) is 1. The second kappa shape index (κ2) is 8.41. The molecular weight excluding hydrogens is 392 g/mol. The van der Waals surface area contributed by atoms with E-state index in [1.54, 1.807) is 11.1 Å². The van der Waals surface area contributed by atoms with Gasteiger partial charge in [0.2, 0.25) is 0 Å². The van der Waals surface area contributed by atoms with Gasteiger partial charge < -0.3 is 19.5 Å². The minimum atomic E-state index is -0.503. The van der Waals surface area contributed by atoms with Gasteiger partial charge in [0, 0.05) is 30.7 Å². The Hall–Kier alpha value is -3.35. The van der Waals surface area contributed by atoms with Crippen LogP contribution in [0.2, 0.25) is 0 Å². The molecule has 1 fully saturated rings. The topological polar surface area (TPSA) is 76.5 Å². The fourth-order valence-electron chi connectivity index (χ4n) is 3.89. The van der Waals surface area contributed by atoms with Crippen LogP contribution in [-0.4, -0.2) is 45.1 Å². The Labute approximate surface area is 182 Å². The monoisotopic (exact) mass is 420 g/mol. The maximum absolute atomic E-state index is 13.0. The molecule has 0 bridgehead atoms. The van der Waals surface area contributed by atoms with Gasteiger partial charge in [-0.3, -0.25) is 9.78 Å². The Morgan fingerprint density at radius 1 is 1.10 bits per heavy atom. The molecule has 7 nitrogen and oxygen atoms in total. The van der Waals surface area contributed by atoms with Crippen LogP contribution in [0.5, 0.6) is 0 Å². The maximum atomic E-state index is 13.0. The number of fused-ring (bicyclic) bond motifs is 1. The quantitative estimate of drug-likeness (QED) is 0.656. The number of carbonyl (C=O) groups excluding carboxylic acids is 2. The SMILES string of the molecule is CC(C)(C)OC(=O)N1CCC(n2cccc2C(=O)Nc2cnc3ccccc3c2)CC1. The summed E-state index contributed by atoms with van der Waals surface area (Å²) in [7, 11) is 0. The summed E-state index contributed by atoms with van der Waals surface area (Å²) in [5.41, 5.74) is 1.65. The Balaban J connectivity index is 1.41. The predicted molar refractivity (Wildman–Crippen MR) is 120 cm³/mol. The summed E-state index contributed by atoms with van der Waals surface area (Å²) in [6.45, 7) is 6.81. The number of piperidine rings is 1. The number of hydrogen-bond donors (Lipinski definition) is 1.